The molecule has 144 valence electrons. The molecular weight excluding hydrogens is 361 g/mol. The zero-order valence-electron chi connectivity index (χ0n) is 16.6. The highest BCUT2D eigenvalue weighted by Crippen LogP contribution is 2.32. The van der Waals surface area contributed by atoms with Crippen LogP contribution in [0, 0.1) is 5.82 Å². The lowest BCUT2D eigenvalue weighted by Crippen LogP contribution is -2.29. The van der Waals surface area contributed by atoms with Gasteiger partial charge in [-0.3, -0.25) is 5.10 Å². The summed E-state index contributed by atoms with van der Waals surface area (Å²) in [5.74, 6) is 0.650. The molecular formula is C20H26FN5S. The second-order valence-corrected chi connectivity index (χ2v) is 9.15. The van der Waals surface area contributed by atoms with E-state index in [9.17, 15) is 4.39 Å². The molecule has 0 radical (unpaired) electrons. The monoisotopic (exact) mass is 387 g/mol. The molecule has 3 rings (SSSR count). The summed E-state index contributed by atoms with van der Waals surface area (Å²) < 4.78 is 15.0. The number of nitrogens with zero attached hydrogens (tertiary/aromatic N) is 2. The summed E-state index contributed by atoms with van der Waals surface area (Å²) in [5, 5.41) is 9.95. The van der Waals surface area contributed by atoms with Crippen molar-refractivity contribution in [3.05, 3.63) is 47.5 Å². The van der Waals surface area contributed by atoms with Crippen LogP contribution in [0.4, 0.5) is 15.9 Å². The third-order valence-corrected chi connectivity index (χ3v) is 4.33. The first-order valence-corrected chi connectivity index (χ1v) is 9.32. The van der Waals surface area contributed by atoms with Gasteiger partial charge in [0, 0.05) is 22.8 Å². The average Bonchev–Trinajstić information content (AvgIpc) is 3.08. The third kappa shape index (κ3) is 4.13. The predicted octanol–water partition coefficient (Wildman–Crippen LogP) is 5.10. The highest BCUT2D eigenvalue weighted by atomic mass is 32.1. The van der Waals surface area contributed by atoms with Crippen molar-refractivity contribution in [1.82, 2.24) is 14.6 Å². The third-order valence-electron chi connectivity index (χ3n) is 4.01. The Labute approximate surface area is 164 Å². The minimum Gasteiger partial charge on any atom is -0.364 e. The van der Waals surface area contributed by atoms with E-state index in [0.29, 0.717) is 4.99 Å². The number of aromatic amines is 1. The van der Waals surface area contributed by atoms with E-state index >= 15 is 0 Å². The summed E-state index contributed by atoms with van der Waals surface area (Å²) in [4.78, 5) is 5.41. The van der Waals surface area contributed by atoms with E-state index < -0.39 is 0 Å². The number of nitrogens with one attached hydrogen (secondary N) is 3. The van der Waals surface area contributed by atoms with Crippen LogP contribution in [0.5, 0.6) is 0 Å². The van der Waals surface area contributed by atoms with Gasteiger partial charge in [0.05, 0.1) is 11.3 Å². The van der Waals surface area contributed by atoms with E-state index in [4.69, 9.17) is 17.2 Å². The zero-order valence-corrected chi connectivity index (χ0v) is 17.4. The fourth-order valence-corrected chi connectivity index (χ4v) is 3.08. The van der Waals surface area contributed by atoms with Crippen LogP contribution >= 0.6 is 12.2 Å². The average molecular weight is 388 g/mol. The molecule has 0 saturated heterocycles. The van der Waals surface area contributed by atoms with Crippen molar-refractivity contribution in [1.29, 1.82) is 0 Å². The smallest absolute Gasteiger partial charge is 0.165 e. The van der Waals surface area contributed by atoms with Crippen molar-refractivity contribution in [2.45, 2.75) is 52.5 Å². The van der Waals surface area contributed by atoms with E-state index in [1.807, 2.05) is 10.7 Å². The van der Waals surface area contributed by atoms with Crippen LogP contribution in [0.2, 0.25) is 0 Å². The van der Waals surface area contributed by atoms with Gasteiger partial charge < -0.3 is 10.6 Å². The van der Waals surface area contributed by atoms with Crippen LogP contribution in [-0.4, -0.2) is 25.1 Å². The van der Waals surface area contributed by atoms with Gasteiger partial charge in [0.15, 0.2) is 11.5 Å². The number of imidazole rings is 1. The number of H-pyrrole nitrogens is 1. The lowest BCUT2D eigenvalue weighted by molar-refractivity contribution is 0.565. The topological polar surface area (TPSA) is 57.2 Å². The van der Waals surface area contributed by atoms with Crippen LogP contribution in [0.1, 0.15) is 52.8 Å². The fourth-order valence-electron chi connectivity index (χ4n) is 2.81. The summed E-state index contributed by atoms with van der Waals surface area (Å²) in [5.41, 5.74) is 3.00. The Bertz CT molecular complexity index is 971. The normalized spacial score (nSPS) is 12.4. The number of hydrogen-bond donors (Lipinski definition) is 3. The van der Waals surface area contributed by atoms with Gasteiger partial charge in [-0.2, -0.15) is 0 Å². The first kappa shape index (κ1) is 19.4. The molecule has 0 saturated carbocycles. The number of rotatable bonds is 3. The molecule has 0 aliphatic rings. The lowest BCUT2D eigenvalue weighted by Gasteiger charge is -2.25. The van der Waals surface area contributed by atoms with Crippen molar-refractivity contribution in [2.75, 3.05) is 10.6 Å². The van der Waals surface area contributed by atoms with Crippen LogP contribution in [0.3, 0.4) is 0 Å². The molecule has 1 aromatic carbocycles. The molecule has 0 aliphatic carbocycles. The maximum absolute atomic E-state index is 13.1. The Kier molecular flexibility index (Phi) is 4.76. The zero-order chi connectivity index (χ0) is 20.0. The molecule has 0 amide bonds. The van der Waals surface area contributed by atoms with Gasteiger partial charge in [0.1, 0.15) is 10.8 Å². The predicted molar refractivity (Wildman–Crippen MR) is 113 cm³/mol. The van der Waals surface area contributed by atoms with E-state index in [1.165, 1.54) is 12.1 Å². The molecule has 3 N–H and O–H groups in total. The van der Waals surface area contributed by atoms with Gasteiger partial charge in [-0.1, -0.05) is 33.0 Å². The Morgan fingerprint density at radius 3 is 2.30 bits per heavy atom. The number of aromatic nitrogens is 3. The quantitative estimate of drug-likeness (QED) is 0.548. The second-order valence-electron chi connectivity index (χ2n) is 8.74. The molecule has 0 fully saturated rings. The summed E-state index contributed by atoms with van der Waals surface area (Å²) in [7, 11) is 0. The Hall–Kier alpha value is -2.41. The molecule has 0 aliphatic heterocycles. The van der Waals surface area contributed by atoms with Crippen molar-refractivity contribution in [2.24, 2.45) is 0 Å². The minimum atomic E-state index is -0.281. The number of fused-ring (bicyclic) bond motifs is 1. The largest absolute Gasteiger partial charge is 0.364 e. The van der Waals surface area contributed by atoms with E-state index in [1.54, 1.807) is 12.1 Å². The molecule has 2 aromatic heterocycles. The number of halogens is 1. The summed E-state index contributed by atoms with van der Waals surface area (Å²) in [6.07, 6.45) is 1.83. The standard InChI is InChI=1S/C20H26FN5S/c1-19(2,3)15-17(25-20(4,5)6)26-16(24-15)14(11-22-26)18(27)23-13-9-7-12(21)8-10-13/h7-11,22,25H,1-6H3,(H,23,27). The lowest BCUT2D eigenvalue weighted by atomic mass is 9.91. The van der Waals surface area contributed by atoms with Gasteiger partial charge >= 0.3 is 0 Å². The van der Waals surface area contributed by atoms with Crippen LogP contribution in [-0.2, 0) is 5.41 Å². The van der Waals surface area contributed by atoms with Crippen molar-refractivity contribution in [3.63, 3.8) is 0 Å². The molecule has 5 nitrogen and oxygen atoms in total. The molecule has 2 heterocycles. The maximum atomic E-state index is 13.1. The van der Waals surface area contributed by atoms with Crippen molar-refractivity contribution in [3.8, 4) is 0 Å². The number of anilines is 2. The molecule has 0 unspecified atom stereocenters. The van der Waals surface area contributed by atoms with Crippen LogP contribution in [0.15, 0.2) is 30.5 Å². The molecule has 7 heteroatoms. The van der Waals surface area contributed by atoms with Gasteiger partial charge in [0.2, 0.25) is 0 Å². The van der Waals surface area contributed by atoms with E-state index in [-0.39, 0.29) is 16.8 Å². The second kappa shape index (κ2) is 6.64. The Morgan fingerprint density at radius 2 is 1.74 bits per heavy atom. The summed E-state index contributed by atoms with van der Waals surface area (Å²) in [6, 6.07) is 6.11. The number of hydrogen-bond acceptors (Lipinski definition) is 3. The minimum absolute atomic E-state index is 0.117. The van der Waals surface area contributed by atoms with Gasteiger partial charge in [-0.15, -0.1) is 0 Å². The van der Waals surface area contributed by atoms with Gasteiger partial charge in [0.25, 0.3) is 0 Å². The first-order chi connectivity index (χ1) is 12.5. The Morgan fingerprint density at radius 1 is 1.11 bits per heavy atom. The number of benzene rings is 1. The number of thiocarbonyl (C=S) groups is 1. The van der Waals surface area contributed by atoms with E-state index in [2.05, 4.69) is 57.3 Å². The van der Waals surface area contributed by atoms with Crippen molar-refractivity contribution >= 4 is 34.4 Å². The molecule has 3 aromatic rings. The molecule has 0 bridgehead atoms. The van der Waals surface area contributed by atoms with Crippen LogP contribution in [0.25, 0.3) is 5.65 Å². The van der Waals surface area contributed by atoms with Crippen LogP contribution < -0.4 is 10.6 Å². The molecule has 0 atom stereocenters. The highest BCUT2D eigenvalue weighted by Gasteiger charge is 2.28. The summed E-state index contributed by atoms with van der Waals surface area (Å²) in [6.45, 7) is 12.8. The Balaban J connectivity index is 2.02. The van der Waals surface area contributed by atoms with Gasteiger partial charge in [-0.05, 0) is 45.0 Å². The SMILES string of the molecule is CC(C)(C)Nc1c(C(C)(C)C)nc2c(C(=S)Nc3ccc(F)cc3)c[nH]n12. The highest BCUT2D eigenvalue weighted by molar-refractivity contribution is 7.81. The fraction of sp³-hybridized carbons (Fsp3) is 0.400. The first-order valence-electron chi connectivity index (χ1n) is 8.91. The van der Waals surface area contributed by atoms with Crippen molar-refractivity contribution < 1.29 is 4.39 Å². The maximum Gasteiger partial charge on any atom is 0.165 e. The summed E-state index contributed by atoms with van der Waals surface area (Å²) >= 11 is 5.57. The van der Waals surface area contributed by atoms with E-state index in [0.717, 1.165) is 28.4 Å². The molecule has 27 heavy (non-hydrogen) atoms. The van der Waals surface area contributed by atoms with Gasteiger partial charge in [-0.25, -0.2) is 13.9 Å². The molecule has 0 spiro atoms.